The maximum Gasteiger partial charge on any atom is 0.231 e. The first-order valence-electron chi connectivity index (χ1n) is 11.1. The number of nitrogens with one attached hydrogen (secondary N) is 1. The lowest BCUT2D eigenvalue weighted by molar-refractivity contribution is 0.174. The van der Waals surface area contributed by atoms with E-state index in [0.29, 0.717) is 0 Å². The third-order valence-corrected chi connectivity index (χ3v) is 6.15. The van der Waals surface area contributed by atoms with Crippen LogP contribution < -0.4 is 14.8 Å². The van der Waals surface area contributed by atoms with E-state index in [1.807, 2.05) is 30.3 Å². The Balaban J connectivity index is 0.00000136. The van der Waals surface area contributed by atoms with Gasteiger partial charge in [0.25, 0.3) is 0 Å². The van der Waals surface area contributed by atoms with Crippen LogP contribution in [-0.2, 0) is 6.54 Å². The predicted octanol–water partition coefficient (Wildman–Crippen LogP) is 4.61. The minimum absolute atomic E-state index is 0. The third kappa shape index (κ3) is 6.96. The van der Waals surface area contributed by atoms with Gasteiger partial charge < -0.3 is 20.3 Å². The molecule has 7 nitrogen and oxygen atoms in total. The molecule has 0 amide bonds. The highest BCUT2D eigenvalue weighted by Crippen LogP contribution is 2.35. The van der Waals surface area contributed by atoms with Gasteiger partial charge in [-0.05, 0) is 74.2 Å². The number of fused-ring (bicyclic) bond motifs is 1. The molecule has 0 bridgehead atoms. The highest BCUT2D eigenvalue weighted by atomic mass is 35.5. The van der Waals surface area contributed by atoms with Crippen LogP contribution in [0.25, 0.3) is 11.3 Å². The first kappa shape index (κ1) is 27.7. The standard InChI is InChI=1S/C25H28N4O2.2ClH.H2O/c1-2-4-20(5-3-1)17-29-14-11-19(12-15-29)10-13-26-25-9-7-22(27-28-25)21-6-8-23-24(16-21)31-18-30-23;;;/h1-9,16,19H,10-15,17-18H2,(H,26,28);2*1H;1H2. The molecule has 2 aliphatic heterocycles. The minimum atomic E-state index is 0. The van der Waals surface area contributed by atoms with Gasteiger partial charge in [-0.15, -0.1) is 35.0 Å². The fourth-order valence-electron chi connectivity index (χ4n) is 4.32. The second-order valence-electron chi connectivity index (χ2n) is 8.29. The predicted molar refractivity (Wildman–Crippen MR) is 139 cm³/mol. The highest BCUT2D eigenvalue weighted by Gasteiger charge is 2.19. The Morgan fingerprint density at radius 3 is 2.38 bits per heavy atom. The van der Waals surface area contributed by atoms with Crippen LogP contribution in [0.15, 0.2) is 60.7 Å². The van der Waals surface area contributed by atoms with E-state index in [1.54, 1.807) is 0 Å². The van der Waals surface area contributed by atoms with E-state index >= 15 is 0 Å². The van der Waals surface area contributed by atoms with Gasteiger partial charge in [0, 0.05) is 18.7 Å². The molecule has 0 spiro atoms. The number of piperidine rings is 1. The summed E-state index contributed by atoms with van der Waals surface area (Å²) in [6.45, 7) is 4.64. The van der Waals surface area contributed by atoms with Crippen molar-refractivity contribution >= 4 is 30.6 Å². The Labute approximate surface area is 213 Å². The largest absolute Gasteiger partial charge is 0.454 e. The Bertz CT molecular complexity index is 1000. The van der Waals surface area contributed by atoms with Gasteiger partial charge in [0.05, 0.1) is 5.69 Å². The summed E-state index contributed by atoms with van der Waals surface area (Å²) in [5.41, 5.74) is 3.21. The lowest BCUT2D eigenvalue weighted by atomic mass is 9.93. The summed E-state index contributed by atoms with van der Waals surface area (Å²) in [7, 11) is 0. The van der Waals surface area contributed by atoms with Gasteiger partial charge >= 0.3 is 0 Å². The Hall–Kier alpha value is -2.58. The fraction of sp³-hybridized carbons (Fsp3) is 0.360. The van der Waals surface area contributed by atoms with Gasteiger partial charge in [0.1, 0.15) is 5.82 Å². The highest BCUT2D eigenvalue weighted by molar-refractivity contribution is 5.85. The Kier molecular flexibility index (Phi) is 10.9. The summed E-state index contributed by atoms with van der Waals surface area (Å²) >= 11 is 0. The number of benzene rings is 2. The molecule has 184 valence electrons. The monoisotopic (exact) mass is 506 g/mol. The molecule has 1 saturated heterocycles. The summed E-state index contributed by atoms with van der Waals surface area (Å²) in [5.74, 6) is 3.14. The van der Waals surface area contributed by atoms with Crippen molar-refractivity contribution in [3.63, 3.8) is 0 Å². The molecule has 3 heterocycles. The molecule has 34 heavy (non-hydrogen) atoms. The molecule has 3 N–H and O–H groups in total. The van der Waals surface area contributed by atoms with Gasteiger partial charge in [-0.2, -0.15) is 0 Å². The topological polar surface area (TPSA) is 91.0 Å². The van der Waals surface area contributed by atoms with E-state index in [1.165, 1.54) is 37.9 Å². The van der Waals surface area contributed by atoms with Gasteiger partial charge in [0.2, 0.25) is 6.79 Å². The number of ether oxygens (including phenoxy) is 2. The Morgan fingerprint density at radius 2 is 1.65 bits per heavy atom. The lowest BCUT2D eigenvalue weighted by Gasteiger charge is -2.32. The zero-order valence-electron chi connectivity index (χ0n) is 19.0. The number of hydrogen-bond acceptors (Lipinski definition) is 6. The molecule has 9 heteroatoms. The first-order chi connectivity index (χ1) is 15.3. The van der Waals surface area contributed by atoms with Crippen molar-refractivity contribution in [1.29, 1.82) is 0 Å². The van der Waals surface area contributed by atoms with Crippen molar-refractivity contribution in [3.05, 3.63) is 66.2 Å². The molecule has 2 aromatic carbocycles. The van der Waals surface area contributed by atoms with E-state index in [0.717, 1.165) is 47.6 Å². The van der Waals surface area contributed by atoms with Crippen LogP contribution in [-0.4, -0.2) is 47.0 Å². The molecule has 2 aliphatic rings. The Morgan fingerprint density at radius 1 is 0.882 bits per heavy atom. The summed E-state index contributed by atoms with van der Waals surface area (Å²) in [6.07, 6.45) is 3.71. The smallest absolute Gasteiger partial charge is 0.231 e. The molecular weight excluding hydrogens is 475 g/mol. The third-order valence-electron chi connectivity index (χ3n) is 6.15. The van der Waals surface area contributed by atoms with Crippen molar-refractivity contribution < 1.29 is 14.9 Å². The number of aromatic nitrogens is 2. The van der Waals surface area contributed by atoms with Crippen LogP contribution in [0.2, 0.25) is 0 Å². The van der Waals surface area contributed by atoms with Crippen molar-refractivity contribution in [3.8, 4) is 22.8 Å². The van der Waals surface area contributed by atoms with E-state index in [4.69, 9.17) is 9.47 Å². The second kappa shape index (κ2) is 13.3. The molecule has 0 radical (unpaired) electrons. The first-order valence-corrected chi connectivity index (χ1v) is 11.1. The number of likely N-dealkylation sites (tertiary alicyclic amines) is 1. The number of nitrogens with zero attached hydrogens (tertiary/aromatic N) is 3. The van der Waals surface area contributed by atoms with Crippen molar-refractivity contribution in [1.82, 2.24) is 15.1 Å². The van der Waals surface area contributed by atoms with Crippen LogP contribution in [0, 0.1) is 5.92 Å². The fourth-order valence-corrected chi connectivity index (χ4v) is 4.32. The number of rotatable bonds is 7. The molecule has 3 aromatic rings. The van der Waals surface area contributed by atoms with E-state index in [-0.39, 0.29) is 37.1 Å². The molecule has 1 fully saturated rings. The number of anilines is 1. The summed E-state index contributed by atoms with van der Waals surface area (Å²) in [6, 6.07) is 20.6. The van der Waals surface area contributed by atoms with Gasteiger partial charge in [-0.3, -0.25) is 4.90 Å². The summed E-state index contributed by atoms with van der Waals surface area (Å²) < 4.78 is 10.8. The second-order valence-corrected chi connectivity index (χ2v) is 8.29. The van der Waals surface area contributed by atoms with Gasteiger partial charge in [-0.25, -0.2) is 0 Å². The molecule has 1 aromatic heterocycles. The molecule has 5 rings (SSSR count). The maximum atomic E-state index is 5.45. The van der Waals surface area contributed by atoms with E-state index in [2.05, 4.69) is 50.7 Å². The molecular formula is C25H32Cl2N4O3. The molecule has 0 aliphatic carbocycles. The molecule has 0 saturated carbocycles. The van der Waals surface area contributed by atoms with Crippen molar-refractivity contribution in [2.24, 2.45) is 5.92 Å². The SMILES string of the molecule is Cl.Cl.O.c1ccc(CN2CCC(CCNc3ccc(-c4ccc5c(c4)OCO5)nn3)CC2)cc1. The van der Waals surface area contributed by atoms with Crippen molar-refractivity contribution in [2.45, 2.75) is 25.8 Å². The van der Waals surface area contributed by atoms with Crippen LogP contribution in [0.1, 0.15) is 24.8 Å². The van der Waals surface area contributed by atoms with Gasteiger partial charge in [0.15, 0.2) is 11.5 Å². The molecule has 0 atom stereocenters. The van der Waals surface area contributed by atoms with E-state index < -0.39 is 0 Å². The lowest BCUT2D eigenvalue weighted by Crippen LogP contribution is -2.33. The van der Waals surface area contributed by atoms with E-state index in [9.17, 15) is 0 Å². The normalized spacial score (nSPS) is 14.9. The van der Waals surface area contributed by atoms with Crippen LogP contribution in [0.4, 0.5) is 5.82 Å². The number of halogens is 2. The average Bonchev–Trinajstić information content (AvgIpc) is 3.29. The van der Waals surface area contributed by atoms with Crippen LogP contribution in [0.5, 0.6) is 11.5 Å². The summed E-state index contributed by atoms with van der Waals surface area (Å²) in [4.78, 5) is 2.57. The quantitative estimate of drug-likeness (QED) is 0.503. The number of hydrogen-bond donors (Lipinski definition) is 1. The van der Waals surface area contributed by atoms with Crippen LogP contribution >= 0.6 is 24.8 Å². The average molecular weight is 507 g/mol. The zero-order chi connectivity index (χ0) is 20.9. The van der Waals surface area contributed by atoms with Gasteiger partial charge in [-0.1, -0.05) is 30.3 Å². The summed E-state index contributed by atoms with van der Waals surface area (Å²) in [5, 5.41) is 12.2. The van der Waals surface area contributed by atoms with Crippen LogP contribution in [0.3, 0.4) is 0 Å². The maximum absolute atomic E-state index is 5.45. The zero-order valence-corrected chi connectivity index (χ0v) is 20.6. The molecule has 0 unspecified atom stereocenters. The van der Waals surface area contributed by atoms with Crippen molar-refractivity contribution in [2.75, 3.05) is 31.7 Å². The minimum Gasteiger partial charge on any atom is -0.454 e.